The number of fused-ring (bicyclic) bond motifs is 1. The fraction of sp³-hybridized carbons (Fsp3) is 0.423. The van der Waals surface area contributed by atoms with Crippen LogP contribution in [0.3, 0.4) is 0 Å². The summed E-state index contributed by atoms with van der Waals surface area (Å²) in [4.78, 5) is 32.0. The first-order valence-corrected chi connectivity index (χ1v) is 12.4. The number of carbonyl (C=O) groups is 2. The zero-order valence-corrected chi connectivity index (χ0v) is 20.4. The maximum absolute atomic E-state index is 13.7. The summed E-state index contributed by atoms with van der Waals surface area (Å²) in [5.74, 6) is 0.579. The number of hydrogen-bond acceptors (Lipinski definition) is 6. The van der Waals surface area contributed by atoms with Crippen molar-refractivity contribution in [2.45, 2.75) is 44.7 Å². The maximum Gasteiger partial charge on any atom is 0.296 e. The molecule has 5 rings (SSSR count). The zero-order valence-electron chi connectivity index (χ0n) is 19.7. The van der Waals surface area contributed by atoms with Crippen LogP contribution in [0, 0.1) is 5.92 Å². The Hall–Kier alpha value is -3.26. The molecule has 9 heteroatoms. The van der Waals surface area contributed by atoms with Crippen LogP contribution in [0.25, 0.3) is 11.1 Å². The van der Waals surface area contributed by atoms with Crippen LogP contribution in [0.4, 0.5) is 6.01 Å². The van der Waals surface area contributed by atoms with Gasteiger partial charge in [0, 0.05) is 48.6 Å². The van der Waals surface area contributed by atoms with Crippen LogP contribution >= 0.6 is 11.6 Å². The summed E-state index contributed by atoms with van der Waals surface area (Å²) in [5, 5.41) is 6.72. The van der Waals surface area contributed by atoms with Gasteiger partial charge in [0.25, 0.3) is 11.9 Å². The standard InChI is InChI=1S/C26H29ClN4O4/c1-34-22-12-18(25(33)31(20-7-2-3-8-20)15-17-10-23(32)28-14-17)11-21-24(22)35-26(30-21)29-13-16-5-4-6-19(27)9-16/h4-6,9,11-12,17,20H,2-3,7-8,10,13-15H2,1H3,(H,28,32)(H,29,30). The summed E-state index contributed by atoms with van der Waals surface area (Å²) in [6.45, 7) is 1.67. The van der Waals surface area contributed by atoms with Crippen LogP contribution in [0.2, 0.25) is 5.02 Å². The van der Waals surface area contributed by atoms with Crippen LogP contribution in [0.1, 0.15) is 48.0 Å². The van der Waals surface area contributed by atoms with Crippen molar-refractivity contribution in [3.8, 4) is 5.75 Å². The molecule has 1 unspecified atom stereocenters. The molecule has 184 valence electrons. The van der Waals surface area contributed by atoms with Gasteiger partial charge in [0.2, 0.25) is 5.91 Å². The number of rotatable bonds is 8. The summed E-state index contributed by atoms with van der Waals surface area (Å²) in [6, 6.07) is 11.6. The molecule has 1 aliphatic carbocycles. The van der Waals surface area contributed by atoms with E-state index in [0.717, 1.165) is 31.2 Å². The quantitative estimate of drug-likeness (QED) is 0.472. The molecule has 1 aliphatic heterocycles. The van der Waals surface area contributed by atoms with E-state index in [1.165, 1.54) is 0 Å². The molecule has 3 aromatic rings. The monoisotopic (exact) mass is 496 g/mol. The molecule has 2 heterocycles. The number of nitrogens with zero attached hydrogens (tertiary/aromatic N) is 2. The van der Waals surface area contributed by atoms with E-state index in [4.69, 9.17) is 20.8 Å². The lowest BCUT2D eigenvalue weighted by molar-refractivity contribution is -0.119. The molecule has 1 aromatic heterocycles. The number of oxazole rings is 1. The third-order valence-electron chi connectivity index (χ3n) is 6.80. The van der Waals surface area contributed by atoms with Crippen molar-refractivity contribution in [3.63, 3.8) is 0 Å². The normalized spacial score (nSPS) is 18.1. The minimum Gasteiger partial charge on any atom is -0.493 e. The van der Waals surface area contributed by atoms with E-state index in [-0.39, 0.29) is 23.8 Å². The summed E-state index contributed by atoms with van der Waals surface area (Å²) in [6.07, 6.45) is 4.67. The average molecular weight is 497 g/mol. The fourth-order valence-electron chi connectivity index (χ4n) is 5.03. The Kier molecular flexibility index (Phi) is 6.81. The molecule has 8 nitrogen and oxygen atoms in total. The molecule has 0 bridgehead atoms. The Labute approximate surface area is 209 Å². The summed E-state index contributed by atoms with van der Waals surface area (Å²) in [5.41, 5.74) is 2.53. The Balaban J connectivity index is 1.39. The van der Waals surface area contributed by atoms with Gasteiger partial charge in [-0.05, 0) is 42.7 Å². The first-order chi connectivity index (χ1) is 17.0. The van der Waals surface area contributed by atoms with Crippen LogP contribution in [0.15, 0.2) is 40.8 Å². The molecular formula is C26H29ClN4O4. The predicted octanol–water partition coefficient (Wildman–Crippen LogP) is 4.62. The van der Waals surface area contributed by atoms with Gasteiger partial charge in [0.1, 0.15) is 5.52 Å². The van der Waals surface area contributed by atoms with Crippen LogP contribution < -0.4 is 15.4 Å². The van der Waals surface area contributed by atoms with Crippen molar-refractivity contribution in [1.82, 2.24) is 15.2 Å². The molecule has 0 radical (unpaired) electrons. The Bertz CT molecular complexity index is 1240. The largest absolute Gasteiger partial charge is 0.493 e. The fourth-order valence-corrected chi connectivity index (χ4v) is 5.24. The van der Waals surface area contributed by atoms with Crippen molar-refractivity contribution in [3.05, 3.63) is 52.5 Å². The molecule has 1 atom stereocenters. The molecule has 2 amide bonds. The van der Waals surface area contributed by atoms with E-state index in [0.29, 0.717) is 59.5 Å². The molecule has 35 heavy (non-hydrogen) atoms. The molecule has 0 spiro atoms. The summed E-state index contributed by atoms with van der Waals surface area (Å²) in [7, 11) is 1.55. The first-order valence-electron chi connectivity index (χ1n) is 12.0. The highest BCUT2D eigenvalue weighted by Crippen LogP contribution is 2.33. The van der Waals surface area contributed by atoms with Crippen LogP contribution in [0.5, 0.6) is 5.75 Å². The van der Waals surface area contributed by atoms with Crippen molar-refractivity contribution in [1.29, 1.82) is 0 Å². The lowest BCUT2D eigenvalue weighted by Gasteiger charge is -2.31. The molecular weight excluding hydrogens is 468 g/mol. The zero-order chi connectivity index (χ0) is 24.4. The second-order valence-corrected chi connectivity index (χ2v) is 9.74. The summed E-state index contributed by atoms with van der Waals surface area (Å²) < 4.78 is 11.5. The van der Waals surface area contributed by atoms with Gasteiger partial charge in [-0.2, -0.15) is 4.98 Å². The number of nitrogens with one attached hydrogen (secondary N) is 2. The van der Waals surface area contributed by atoms with Gasteiger partial charge in [-0.15, -0.1) is 0 Å². The SMILES string of the molecule is COc1cc(C(=O)N(CC2CNC(=O)C2)C2CCCC2)cc2nc(NCc3cccc(Cl)c3)oc12. The number of halogens is 1. The van der Waals surface area contributed by atoms with Crippen molar-refractivity contribution in [2.75, 3.05) is 25.5 Å². The number of benzene rings is 2. The number of ether oxygens (including phenoxy) is 1. The third-order valence-corrected chi connectivity index (χ3v) is 7.03. The van der Waals surface area contributed by atoms with Gasteiger partial charge in [-0.25, -0.2) is 0 Å². The number of hydrogen-bond donors (Lipinski definition) is 2. The van der Waals surface area contributed by atoms with Gasteiger partial charge in [0.15, 0.2) is 11.3 Å². The lowest BCUT2D eigenvalue weighted by atomic mass is 10.0. The highest BCUT2D eigenvalue weighted by Gasteiger charge is 2.32. The van der Waals surface area contributed by atoms with Gasteiger partial charge in [0.05, 0.1) is 7.11 Å². The molecule has 2 aliphatic rings. The Morgan fingerprint density at radius 2 is 2.11 bits per heavy atom. The van der Waals surface area contributed by atoms with Gasteiger partial charge in [-0.1, -0.05) is 36.6 Å². The molecule has 1 saturated carbocycles. The average Bonchev–Trinajstić information content (AvgIpc) is 3.61. The molecule has 2 aromatic carbocycles. The van der Waals surface area contributed by atoms with Crippen LogP contribution in [-0.4, -0.2) is 47.9 Å². The third kappa shape index (κ3) is 5.22. The molecule has 1 saturated heterocycles. The maximum atomic E-state index is 13.7. The van der Waals surface area contributed by atoms with Crippen LogP contribution in [-0.2, 0) is 11.3 Å². The van der Waals surface area contributed by atoms with E-state index in [2.05, 4.69) is 15.6 Å². The topological polar surface area (TPSA) is 96.7 Å². The highest BCUT2D eigenvalue weighted by molar-refractivity contribution is 6.30. The Morgan fingerprint density at radius 3 is 2.83 bits per heavy atom. The van der Waals surface area contributed by atoms with E-state index in [9.17, 15) is 9.59 Å². The second kappa shape index (κ2) is 10.2. The molecule has 2 fully saturated rings. The number of methoxy groups -OCH3 is 1. The smallest absolute Gasteiger partial charge is 0.296 e. The van der Waals surface area contributed by atoms with E-state index < -0.39 is 0 Å². The number of carbonyl (C=O) groups excluding carboxylic acids is 2. The second-order valence-electron chi connectivity index (χ2n) is 9.30. The van der Waals surface area contributed by atoms with Crippen molar-refractivity contribution < 1.29 is 18.7 Å². The van der Waals surface area contributed by atoms with E-state index >= 15 is 0 Å². The van der Waals surface area contributed by atoms with E-state index in [1.54, 1.807) is 19.2 Å². The number of anilines is 1. The van der Waals surface area contributed by atoms with Gasteiger partial charge in [-0.3, -0.25) is 9.59 Å². The Morgan fingerprint density at radius 1 is 1.29 bits per heavy atom. The predicted molar refractivity (Wildman–Crippen MR) is 134 cm³/mol. The molecule has 2 N–H and O–H groups in total. The van der Waals surface area contributed by atoms with E-state index in [1.807, 2.05) is 29.2 Å². The number of amides is 2. The lowest BCUT2D eigenvalue weighted by Crippen LogP contribution is -2.42. The number of aromatic nitrogens is 1. The van der Waals surface area contributed by atoms with Gasteiger partial charge >= 0.3 is 0 Å². The van der Waals surface area contributed by atoms with Crippen molar-refractivity contribution in [2.24, 2.45) is 5.92 Å². The van der Waals surface area contributed by atoms with Gasteiger partial charge < -0.3 is 24.7 Å². The minimum absolute atomic E-state index is 0.0531. The summed E-state index contributed by atoms with van der Waals surface area (Å²) >= 11 is 6.07. The minimum atomic E-state index is -0.0621. The van der Waals surface area contributed by atoms with Crippen molar-refractivity contribution >= 4 is 40.5 Å². The highest BCUT2D eigenvalue weighted by atomic mass is 35.5. The first kappa shape index (κ1) is 23.5.